The van der Waals surface area contributed by atoms with Crippen molar-refractivity contribution in [1.82, 2.24) is 14.1 Å². The molecule has 8 nitrogen and oxygen atoms in total. The first-order valence-electron chi connectivity index (χ1n) is 9.62. The molecule has 0 N–H and O–H groups in total. The molecule has 4 rings (SSSR count). The molecule has 2 fully saturated rings. The molecular weight excluding hydrogens is 414 g/mol. The predicted octanol–water partition coefficient (Wildman–Crippen LogP) is 1.73. The number of piperazine rings is 1. The Kier molecular flexibility index (Phi) is 5.75. The topological polar surface area (TPSA) is 91.1 Å². The molecule has 0 aromatic carbocycles. The second-order valence-electron chi connectivity index (χ2n) is 7.23. The molecule has 1 atom stereocenters. The molecule has 2 amide bonds. The van der Waals surface area contributed by atoms with E-state index in [4.69, 9.17) is 4.42 Å². The van der Waals surface area contributed by atoms with Crippen LogP contribution in [0, 0.1) is 5.92 Å². The van der Waals surface area contributed by atoms with Gasteiger partial charge >= 0.3 is 0 Å². The molecular formula is C19H23N3O5S2. The van der Waals surface area contributed by atoms with Crippen molar-refractivity contribution in [2.24, 2.45) is 5.92 Å². The third kappa shape index (κ3) is 4.10. The zero-order valence-electron chi connectivity index (χ0n) is 15.9. The molecule has 29 heavy (non-hydrogen) atoms. The number of rotatable bonds is 4. The fraction of sp³-hybridized carbons (Fsp3) is 0.474. The van der Waals surface area contributed by atoms with Gasteiger partial charge in [-0.05, 0) is 36.4 Å². The van der Waals surface area contributed by atoms with Gasteiger partial charge in [0.05, 0.1) is 12.2 Å². The first kappa shape index (κ1) is 20.1. The fourth-order valence-corrected chi connectivity index (χ4v) is 6.51. The van der Waals surface area contributed by atoms with Gasteiger partial charge in [0.1, 0.15) is 4.21 Å². The molecule has 2 aromatic heterocycles. The van der Waals surface area contributed by atoms with E-state index in [-0.39, 0.29) is 24.3 Å². The zero-order chi connectivity index (χ0) is 20.4. The van der Waals surface area contributed by atoms with Gasteiger partial charge in [-0.2, -0.15) is 4.31 Å². The molecule has 0 unspecified atom stereocenters. The molecule has 0 saturated carbocycles. The van der Waals surface area contributed by atoms with E-state index in [0.29, 0.717) is 55.5 Å². The van der Waals surface area contributed by atoms with E-state index >= 15 is 0 Å². The standard InChI is InChI=1S/C19H23N3O5S2/c23-18(20-8-10-21(11-9-20)19(24)16-5-2-12-27-16)15-4-1-7-22(14-15)29(25,26)17-6-3-13-28-17/h2-3,5-6,12-13,15H,1,4,7-11,14H2/t15-/m0/s1. The van der Waals surface area contributed by atoms with Crippen LogP contribution in [0.15, 0.2) is 44.5 Å². The van der Waals surface area contributed by atoms with E-state index < -0.39 is 10.0 Å². The molecule has 0 bridgehead atoms. The first-order valence-corrected chi connectivity index (χ1v) is 11.9. The molecule has 4 heterocycles. The summed E-state index contributed by atoms with van der Waals surface area (Å²) >= 11 is 1.19. The van der Waals surface area contributed by atoms with E-state index in [2.05, 4.69) is 0 Å². The Morgan fingerprint density at radius 3 is 2.45 bits per heavy atom. The van der Waals surface area contributed by atoms with Gasteiger partial charge < -0.3 is 14.2 Å². The van der Waals surface area contributed by atoms with Crippen LogP contribution in [0.1, 0.15) is 23.4 Å². The molecule has 156 valence electrons. The van der Waals surface area contributed by atoms with Crippen molar-refractivity contribution in [1.29, 1.82) is 0 Å². The van der Waals surface area contributed by atoms with Crippen molar-refractivity contribution in [3.8, 4) is 0 Å². The van der Waals surface area contributed by atoms with E-state index in [1.165, 1.54) is 21.9 Å². The number of hydrogen-bond acceptors (Lipinski definition) is 6. The monoisotopic (exact) mass is 437 g/mol. The molecule has 2 aliphatic heterocycles. The SMILES string of the molecule is O=C(c1ccco1)N1CCN(C(=O)[C@H]2CCCN(S(=O)(=O)c3cccs3)C2)CC1. The Hall–Kier alpha value is -2.17. The van der Waals surface area contributed by atoms with Gasteiger partial charge in [0.2, 0.25) is 5.91 Å². The Balaban J connectivity index is 1.36. The van der Waals surface area contributed by atoms with Crippen molar-refractivity contribution in [3.05, 3.63) is 41.7 Å². The van der Waals surface area contributed by atoms with Crippen LogP contribution >= 0.6 is 11.3 Å². The Labute approximate surface area is 173 Å². The number of nitrogens with zero attached hydrogens (tertiary/aromatic N) is 3. The lowest BCUT2D eigenvalue weighted by atomic mass is 9.97. The smallest absolute Gasteiger partial charge is 0.289 e. The van der Waals surface area contributed by atoms with Gasteiger partial charge in [0.15, 0.2) is 5.76 Å². The maximum atomic E-state index is 13.0. The Bertz CT molecular complexity index is 948. The third-order valence-corrected chi connectivity index (χ3v) is 8.67. The van der Waals surface area contributed by atoms with Crippen molar-refractivity contribution in [3.63, 3.8) is 0 Å². The number of hydrogen-bond donors (Lipinski definition) is 0. The molecule has 2 aliphatic rings. The van der Waals surface area contributed by atoms with Gasteiger partial charge in [-0.1, -0.05) is 6.07 Å². The summed E-state index contributed by atoms with van der Waals surface area (Å²) in [4.78, 5) is 28.8. The van der Waals surface area contributed by atoms with Crippen LogP contribution in [0.2, 0.25) is 0 Å². The quantitative estimate of drug-likeness (QED) is 0.727. The summed E-state index contributed by atoms with van der Waals surface area (Å²) in [5.74, 6) is -0.244. The lowest BCUT2D eigenvalue weighted by molar-refractivity contribution is -0.138. The average Bonchev–Trinajstić information content (AvgIpc) is 3.47. The largest absolute Gasteiger partial charge is 0.459 e. The summed E-state index contributed by atoms with van der Waals surface area (Å²) in [6, 6.07) is 6.62. The molecule has 0 radical (unpaired) electrons. The summed E-state index contributed by atoms with van der Waals surface area (Å²) in [5, 5.41) is 1.74. The van der Waals surface area contributed by atoms with Crippen LogP contribution in [-0.2, 0) is 14.8 Å². The second kappa shape index (κ2) is 8.29. The minimum absolute atomic E-state index is 0.0267. The minimum Gasteiger partial charge on any atom is -0.459 e. The van der Waals surface area contributed by atoms with E-state index in [0.717, 1.165) is 0 Å². The molecule has 2 aromatic rings. The third-order valence-electron chi connectivity index (χ3n) is 5.43. The zero-order valence-corrected chi connectivity index (χ0v) is 17.5. The highest BCUT2D eigenvalue weighted by molar-refractivity contribution is 7.91. The Morgan fingerprint density at radius 2 is 1.79 bits per heavy atom. The number of carbonyl (C=O) groups excluding carboxylic acids is 2. The number of thiophene rings is 1. The fourth-order valence-electron chi connectivity index (χ4n) is 3.84. The van der Waals surface area contributed by atoms with Gasteiger partial charge in [0.25, 0.3) is 15.9 Å². The molecule has 10 heteroatoms. The van der Waals surface area contributed by atoms with Crippen LogP contribution in [0.5, 0.6) is 0 Å². The van der Waals surface area contributed by atoms with Crippen LogP contribution in [0.3, 0.4) is 0 Å². The van der Waals surface area contributed by atoms with Gasteiger partial charge in [-0.15, -0.1) is 11.3 Å². The van der Waals surface area contributed by atoms with E-state index in [1.54, 1.807) is 39.4 Å². The summed E-state index contributed by atoms with van der Waals surface area (Å²) in [5.41, 5.74) is 0. The van der Waals surface area contributed by atoms with Crippen LogP contribution in [0.25, 0.3) is 0 Å². The maximum Gasteiger partial charge on any atom is 0.289 e. The highest BCUT2D eigenvalue weighted by Crippen LogP contribution is 2.27. The summed E-state index contributed by atoms with van der Waals surface area (Å²) in [6.07, 6.45) is 2.81. The van der Waals surface area contributed by atoms with E-state index in [1.807, 2.05) is 0 Å². The minimum atomic E-state index is -3.54. The lowest BCUT2D eigenvalue weighted by Crippen LogP contribution is -2.54. The number of carbonyl (C=O) groups is 2. The van der Waals surface area contributed by atoms with Crippen LogP contribution in [0.4, 0.5) is 0 Å². The predicted molar refractivity (Wildman–Crippen MR) is 107 cm³/mol. The number of sulfonamides is 1. The van der Waals surface area contributed by atoms with Gasteiger partial charge in [-0.3, -0.25) is 9.59 Å². The molecule has 2 saturated heterocycles. The average molecular weight is 438 g/mol. The number of amides is 2. The van der Waals surface area contributed by atoms with Gasteiger partial charge in [-0.25, -0.2) is 8.42 Å². The van der Waals surface area contributed by atoms with Crippen LogP contribution < -0.4 is 0 Å². The van der Waals surface area contributed by atoms with Crippen molar-refractivity contribution >= 4 is 33.2 Å². The highest BCUT2D eigenvalue weighted by Gasteiger charge is 2.36. The number of furan rings is 1. The van der Waals surface area contributed by atoms with E-state index in [9.17, 15) is 18.0 Å². The van der Waals surface area contributed by atoms with Crippen molar-refractivity contribution in [2.45, 2.75) is 17.1 Å². The second-order valence-corrected chi connectivity index (χ2v) is 10.3. The highest BCUT2D eigenvalue weighted by atomic mass is 32.2. The summed E-state index contributed by atoms with van der Waals surface area (Å²) in [6.45, 7) is 2.42. The summed E-state index contributed by atoms with van der Waals surface area (Å²) in [7, 11) is -3.54. The van der Waals surface area contributed by atoms with Gasteiger partial charge in [0, 0.05) is 39.3 Å². The first-order chi connectivity index (χ1) is 14.0. The van der Waals surface area contributed by atoms with Crippen LogP contribution in [-0.4, -0.2) is 73.6 Å². The summed E-state index contributed by atoms with van der Waals surface area (Å²) < 4.78 is 32.5. The van der Waals surface area contributed by atoms with Crippen molar-refractivity contribution < 1.29 is 22.4 Å². The molecule has 0 spiro atoms. The lowest BCUT2D eigenvalue weighted by Gasteiger charge is -2.38. The number of piperidine rings is 1. The Morgan fingerprint density at radius 1 is 1.03 bits per heavy atom. The maximum absolute atomic E-state index is 13.0. The van der Waals surface area contributed by atoms with Crippen molar-refractivity contribution in [2.75, 3.05) is 39.3 Å². The normalized spacial score (nSPS) is 21.3. The molecule has 0 aliphatic carbocycles.